The first-order valence-electron chi connectivity index (χ1n) is 7.75. The van der Waals surface area contributed by atoms with Crippen molar-refractivity contribution in [1.29, 1.82) is 0 Å². The molecule has 2 aromatic carbocycles. The largest absolute Gasteiger partial charge is 0.507 e. The molecule has 104 valence electrons. The molecule has 2 aromatic rings. The van der Waals surface area contributed by atoms with Gasteiger partial charge >= 0.3 is 0 Å². The number of phenols is 1. The summed E-state index contributed by atoms with van der Waals surface area (Å²) in [5, 5.41) is 12.6. The van der Waals surface area contributed by atoms with Crippen LogP contribution in [-0.4, -0.2) is 29.1 Å². The first kappa shape index (κ1) is 12.2. The van der Waals surface area contributed by atoms with Crippen molar-refractivity contribution in [3.05, 3.63) is 42.0 Å². The van der Waals surface area contributed by atoms with E-state index >= 15 is 0 Å². The minimum absolute atomic E-state index is 0.491. The Kier molecular flexibility index (Phi) is 2.92. The number of piperidine rings is 3. The molecule has 20 heavy (non-hydrogen) atoms. The van der Waals surface area contributed by atoms with Crippen LogP contribution >= 0.6 is 0 Å². The molecule has 0 radical (unpaired) electrons. The molecule has 0 aromatic heterocycles. The van der Waals surface area contributed by atoms with Gasteiger partial charge in [0.15, 0.2) is 0 Å². The van der Waals surface area contributed by atoms with E-state index in [0.29, 0.717) is 11.8 Å². The molecule has 3 aliphatic rings. The van der Waals surface area contributed by atoms with Gasteiger partial charge in [-0.2, -0.15) is 0 Å². The number of phenolic OH excluding ortho intramolecular Hbond substituents is 1. The normalized spacial score (nSPS) is 28.9. The molecule has 0 spiro atoms. The topological polar surface area (TPSA) is 23.5 Å². The van der Waals surface area contributed by atoms with Crippen LogP contribution in [0.15, 0.2) is 36.4 Å². The number of aromatic hydroxyl groups is 1. The molecular weight excluding hydrogens is 246 g/mol. The maximum absolute atomic E-state index is 10.5. The Balaban J connectivity index is 1.64. The van der Waals surface area contributed by atoms with E-state index in [2.05, 4.69) is 23.1 Å². The van der Waals surface area contributed by atoms with Crippen molar-refractivity contribution in [3.8, 4) is 5.75 Å². The van der Waals surface area contributed by atoms with Gasteiger partial charge in [-0.1, -0.05) is 36.4 Å². The highest BCUT2D eigenvalue weighted by Crippen LogP contribution is 2.36. The van der Waals surface area contributed by atoms with E-state index in [4.69, 9.17) is 0 Å². The number of nitrogens with zero attached hydrogens (tertiary/aromatic N) is 1. The molecule has 2 nitrogen and oxygen atoms in total. The SMILES string of the molecule is Oc1c(CC2CC3CCN2CC3)ccc2ccccc12. The summed E-state index contributed by atoms with van der Waals surface area (Å²) in [5.74, 6) is 1.42. The molecule has 3 heterocycles. The molecule has 1 N–H and O–H groups in total. The van der Waals surface area contributed by atoms with Gasteiger partial charge in [0.1, 0.15) is 5.75 Å². The van der Waals surface area contributed by atoms with Crippen LogP contribution in [0.3, 0.4) is 0 Å². The smallest absolute Gasteiger partial charge is 0.126 e. The van der Waals surface area contributed by atoms with Crippen LogP contribution in [0.5, 0.6) is 5.75 Å². The molecule has 2 bridgehead atoms. The third-order valence-corrected chi connectivity index (χ3v) is 5.21. The van der Waals surface area contributed by atoms with Crippen molar-refractivity contribution in [3.63, 3.8) is 0 Å². The molecule has 1 unspecified atom stereocenters. The molecule has 3 saturated heterocycles. The maximum atomic E-state index is 10.5. The Bertz CT molecular complexity index is 628. The molecule has 3 aliphatic heterocycles. The highest BCUT2D eigenvalue weighted by atomic mass is 16.3. The first-order chi connectivity index (χ1) is 9.81. The fraction of sp³-hybridized carbons (Fsp3) is 0.444. The lowest BCUT2D eigenvalue weighted by Gasteiger charge is -2.45. The predicted octanol–water partition coefficient (Wildman–Crippen LogP) is 3.57. The van der Waals surface area contributed by atoms with Crippen LogP contribution in [0.4, 0.5) is 0 Å². The number of hydrogen-bond acceptors (Lipinski definition) is 2. The quantitative estimate of drug-likeness (QED) is 0.899. The van der Waals surface area contributed by atoms with Crippen molar-refractivity contribution in [2.45, 2.75) is 31.7 Å². The highest BCUT2D eigenvalue weighted by Gasteiger charge is 2.33. The summed E-state index contributed by atoms with van der Waals surface area (Å²) >= 11 is 0. The van der Waals surface area contributed by atoms with Crippen LogP contribution in [0.25, 0.3) is 10.8 Å². The van der Waals surface area contributed by atoms with Gasteiger partial charge in [-0.15, -0.1) is 0 Å². The summed E-state index contributed by atoms with van der Waals surface area (Å²) in [5.41, 5.74) is 1.11. The summed E-state index contributed by atoms with van der Waals surface area (Å²) in [6, 6.07) is 13.0. The van der Waals surface area contributed by atoms with Crippen LogP contribution in [-0.2, 0) is 6.42 Å². The zero-order valence-corrected chi connectivity index (χ0v) is 11.8. The number of fused-ring (bicyclic) bond motifs is 4. The van der Waals surface area contributed by atoms with Crippen molar-refractivity contribution in [1.82, 2.24) is 4.90 Å². The van der Waals surface area contributed by atoms with E-state index in [0.717, 1.165) is 28.7 Å². The minimum Gasteiger partial charge on any atom is -0.507 e. The average molecular weight is 267 g/mol. The summed E-state index contributed by atoms with van der Waals surface area (Å²) in [7, 11) is 0. The van der Waals surface area contributed by atoms with Gasteiger partial charge in [-0.3, -0.25) is 0 Å². The fourth-order valence-electron chi connectivity index (χ4n) is 4.02. The fourth-order valence-corrected chi connectivity index (χ4v) is 4.02. The van der Waals surface area contributed by atoms with Gasteiger partial charge in [-0.05, 0) is 55.6 Å². The Morgan fingerprint density at radius 1 is 1.05 bits per heavy atom. The van der Waals surface area contributed by atoms with Gasteiger partial charge in [0.2, 0.25) is 0 Å². The van der Waals surface area contributed by atoms with Crippen molar-refractivity contribution in [2.24, 2.45) is 5.92 Å². The summed E-state index contributed by atoms with van der Waals surface area (Å²) in [6.45, 7) is 2.51. The van der Waals surface area contributed by atoms with E-state index in [1.54, 1.807) is 0 Å². The highest BCUT2D eigenvalue weighted by molar-refractivity contribution is 5.89. The predicted molar refractivity (Wildman–Crippen MR) is 82.0 cm³/mol. The Hall–Kier alpha value is -1.54. The Labute approximate surface area is 120 Å². The number of hydrogen-bond donors (Lipinski definition) is 1. The lowest BCUT2D eigenvalue weighted by atomic mass is 9.81. The van der Waals surface area contributed by atoms with E-state index in [-0.39, 0.29) is 0 Å². The second-order valence-corrected chi connectivity index (χ2v) is 6.37. The summed E-state index contributed by atoms with van der Waals surface area (Å²) in [6.07, 6.45) is 5.06. The molecule has 5 rings (SSSR count). The molecular formula is C18H21NO. The van der Waals surface area contributed by atoms with Gasteiger partial charge < -0.3 is 10.0 Å². The third-order valence-electron chi connectivity index (χ3n) is 5.21. The van der Waals surface area contributed by atoms with Crippen molar-refractivity contribution >= 4 is 10.8 Å². The Morgan fingerprint density at radius 3 is 2.60 bits per heavy atom. The zero-order valence-electron chi connectivity index (χ0n) is 11.8. The number of rotatable bonds is 2. The molecule has 0 amide bonds. The summed E-state index contributed by atoms with van der Waals surface area (Å²) in [4.78, 5) is 2.62. The van der Waals surface area contributed by atoms with E-state index < -0.39 is 0 Å². The lowest BCUT2D eigenvalue weighted by molar-refractivity contribution is 0.0496. The minimum atomic E-state index is 0.491. The van der Waals surface area contributed by atoms with Gasteiger partial charge in [-0.25, -0.2) is 0 Å². The third kappa shape index (κ3) is 1.99. The molecule has 0 saturated carbocycles. The first-order valence-corrected chi connectivity index (χ1v) is 7.75. The van der Waals surface area contributed by atoms with E-state index in [1.165, 1.54) is 32.4 Å². The molecule has 2 heteroatoms. The molecule has 0 aliphatic carbocycles. The Morgan fingerprint density at radius 2 is 1.85 bits per heavy atom. The standard InChI is InChI=1S/C18H21NO/c20-18-15(6-5-14-3-1-2-4-17(14)18)12-16-11-13-7-9-19(16)10-8-13/h1-6,13,16,20H,7-12H2. The lowest BCUT2D eigenvalue weighted by Crippen LogP contribution is -2.49. The van der Waals surface area contributed by atoms with Crippen LogP contribution in [0, 0.1) is 5.92 Å². The second-order valence-electron chi connectivity index (χ2n) is 6.37. The number of benzene rings is 2. The molecule has 3 fully saturated rings. The second kappa shape index (κ2) is 4.78. The van der Waals surface area contributed by atoms with Crippen molar-refractivity contribution < 1.29 is 5.11 Å². The van der Waals surface area contributed by atoms with Crippen LogP contribution in [0.1, 0.15) is 24.8 Å². The monoisotopic (exact) mass is 267 g/mol. The van der Waals surface area contributed by atoms with Crippen molar-refractivity contribution in [2.75, 3.05) is 13.1 Å². The zero-order chi connectivity index (χ0) is 13.5. The molecule has 1 atom stereocenters. The summed E-state index contributed by atoms with van der Waals surface area (Å²) < 4.78 is 0. The van der Waals surface area contributed by atoms with Gasteiger partial charge in [0, 0.05) is 11.4 Å². The van der Waals surface area contributed by atoms with Crippen LogP contribution in [0.2, 0.25) is 0 Å². The average Bonchev–Trinajstić information content (AvgIpc) is 2.52. The maximum Gasteiger partial charge on any atom is 0.126 e. The van der Waals surface area contributed by atoms with Crippen LogP contribution < -0.4 is 0 Å². The van der Waals surface area contributed by atoms with E-state index in [9.17, 15) is 5.11 Å². The van der Waals surface area contributed by atoms with Gasteiger partial charge in [0.25, 0.3) is 0 Å². The van der Waals surface area contributed by atoms with E-state index in [1.807, 2.05) is 18.2 Å². The van der Waals surface area contributed by atoms with Gasteiger partial charge in [0.05, 0.1) is 0 Å².